The molecule has 3 aromatic rings. The summed E-state index contributed by atoms with van der Waals surface area (Å²) in [6, 6.07) is 18.9. The number of benzene rings is 2. The molecule has 1 aromatic heterocycles. The van der Waals surface area contributed by atoms with Gasteiger partial charge in [0.2, 0.25) is 0 Å². The van der Waals surface area contributed by atoms with Gasteiger partial charge in [0.25, 0.3) is 5.91 Å². The Morgan fingerprint density at radius 2 is 1.89 bits per heavy atom. The van der Waals surface area contributed by atoms with Gasteiger partial charge in [0, 0.05) is 27.7 Å². The van der Waals surface area contributed by atoms with Gasteiger partial charge in [-0.1, -0.05) is 28.1 Å². The predicted molar refractivity (Wildman–Crippen MR) is 109 cm³/mol. The lowest BCUT2D eigenvalue weighted by Crippen LogP contribution is -2.13. The van der Waals surface area contributed by atoms with Crippen molar-refractivity contribution in [2.45, 2.75) is 0 Å². The Morgan fingerprint density at radius 1 is 1.11 bits per heavy atom. The normalized spacial score (nSPS) is 10.9. The lowest BCUT2D eigenvalue weighted by molar-refractivity contribution is -0.112. The van der Waals surface area contributed by atoms with Gasteiger partial charge in [0.15, 0.2) is 0 Å². The van der Waals surface area contributed by atoms with Gasteiger partial charge in [0.05, 0.1) is 5.56 Å². The molecule has 2 N–H and O–H groups in total. The van der Waals surface area contributed by atoms with Crippen LogP contribution in [0.4, 0.5) is 5.69 Å². The molecule has 3 rings (SSSR count). The number of carbonyl (C=O) groups is 2. The van der Waals surface area contributed by atoms with Crippen molar-refractivity contribution in [3.63, 3.8) is 0 Å². The van der Waals surface area contributed by atoms with Crippen LogP contribution in [0.25, 0.3) is 11.8 Å². The van der Waals surface area contributed by atoms with Gasteiger partial charge in [-0.15, -0.1) is 0 Å². The van der Waals surface area contributed by atoms with E-state index >= 15 is 0 Å². The molecular formula is C21H14BrN3O3. The molecule has 0 saturated heterocycles. The predicted octanol–water partition coefficient (Wildman–Crippen LogP) is 4.48. The summed E-state index contributed by atoms with van der Waals surface area (Å²) in [6.07, 6.45) is 3.19. The number of carboxylic acid groups (broad SMARTS) is 1. The van der Waals surface area contributed by atoms with Crippen LogP contribution in [0.1, 0.15) is 16.1 Å². The fraction of sp³-hybridized carbons (Fsp3) is 0. The number of nitriles is 1. The van der Waals surface area contributed by atoms with E-state index in [9.17, 15) is 20.0 Å². The van der Waals surface area contributed by atoms with Gasteiger partial charge in [-0.05, 0) is 54.6 Å². The molecule has 0 unspecified atom stereocenters. The SMILES string of the molecule is N#C/C(=C/c1cccn1-c1cccc(C(=O)O)c1)C(=O)Nc1cccc(Br)c1. The number of carboxylic acids is 1. The monoisotopic (exact) mass is 435 g/mol. The number of rotatable bonds is 5. The second kappa shape index (κ2) is 8.37. The first-order valence-electron chi connectivity index (χ1n) is 8.18. The molecule has 0 spiro atoms. The minimum atomic E-state index is -1.03. The Morgan fingerprint density at radius 3 is 2.61 bits per heavy atom. The molecule has 138 valence electrons. The third-order valence-corrected chi connectivity index (χ3v) is 4.38. The van der Waals surface area contributed by atoms with Gasteiger partial charge in [-0.2, -0.15) is 5.26 Å². The molecule has 0 fully saturated rings. The minimum Gasteiger partial charge on any atom is -0.478 e. The number of aromatic carboxylic acids is 1. The van der Waals surface area contributed by atoms with Crippen molar-refractivity contribution in [3.8, 4) is 11.8 Å². The maximum Gasteiger partial charge on any atom is 0.335 e. The van der Waals surface area contributed by atoms with Crippen molar-refractivity contribution < 1.29 is 14.7 Å². The van der Waals surface area contributed by atoms with E-state index in [0.717, 1.165) is 4.47 Å². The fourth-order valence-electron chi connectivity index (χ4n) is 2.60. The zero-order chi connectivity index (χ0) is 20.1. The van der Waals surface area contributed by atoms with Crippen molar-refractivity contribution >= 4 is 39.6 Å². The average molecular weight is 436 g/mol. The summed E-state index contributed by atoms with van der Waals surface area (Å²) >= 11 is 3.33. The van der Waals surface area contributed by atoms with Crippen LogP contribution < -0.4 is 5.32 Å². The quantitative estimate of drug-likeness (QED) is 0.455. The second-order valence-electron chi connectivity index (χ2n) is 5.79. The Bertz CT molecular complexity index is 1130. The molecule has 0 aliphatic carbocycles. The molecule has 7 heteroatoms. The molecule has 1 heterocycles. The van der Waals surface area contributed by atoms with Crippen LogP contribution in [0, 0.1) is 11.3 Å². The summed E-state index contributed by atoms with van der Waals surface area (Å²) in [5, 5.41) is 21.3. The Labute approximate surface area is 169 Å². The Kier molecular flexibility index (Phi) is 5.72. The van der Waals surface area contributed by atoms with Crippen molar-refractivity contribution in [1.29, 1.82) is 5.26 Å². The van der Waals surface area contributed by atoms with Crippen LogP contribution in [-0.2, 0) is 4.79 Å². The molecule has 0 saturated carbocycles. The van der Waals surface area contributed by atoms with Crippen LogP contribution in [-0.4, -0.2) is 21.6 Å². The highest BCUT2D eigenvalue weighted by atomic mass is 79.9. The summed E-state index contributed by atoms with van der Waals surface area (Å²) in [5.41, 5.74) is 1.82. The van der Waals surface area contributed by atoms with Crippen molar-refractivity contribution in [3.05, 3.63) is 88.2 Å². The molecule has 0 aliphatic heterocycles. The molecule has 2 aromatic carbocycles. The second-order valence-corrected chi connectivity index (χ2v) is 6.71. The number of nitrogens with zero attached hydrogens (tertiary/aromatic N) is 2. The molecule has 28 heavy (non-hydrogen) atoms. The number of hydrogen-bond donors (Lipinski definition) is 2. The number of carbonyl (C=O) groups excluding carboxylic acids is 1. The van der Waals surface area contributed by atoms with Crippen molar-refractivity contribution in [1.82, 2.24) is 4.57 Å². The molecule has 0 bridgehead atoms. The number of anilines is 1. The fourth-order valence-corrected chi connectivity index (χ4v) is 3.00. The molecule has 0 atom stereocenters. The van der Waals surface area contributed by atoms with E-state index < -0.39 is 11.9 Å². The molecular weight excluding hydrogens is 422 g/mol. The standard InChI is InChI=1S/C21H14BrN3O3/c22-16-5-2-6-17(12-16)24-20(26)15(13-23)11-19-8-3-9-25(19)18-7-1-4-14(10-18)21(27)28/h1-12H,(H,24,26)(H,27,28)/b15-11-. The molecule has 0 radical (unpaired) electrons. The van der Waals surface area contributed by atoms with Gasteiger partial charge >= 0.3 is 5.97 Å². The van der Waals surface area contributed by atoms with E-state index in [4.69, 9.17) is 0 Å². The van der Waals surface area contributed by atoms with Crippen LogP contribution >= 0.6 is 15.9 Å². The van der Waals surface area contributed by atoms with E-state index in [1.165, 1.54) is 18.2 Å². The summed E-state index contributed by atoms with van der Waals surface area (Å²) in [4.78, 5) is 23.7. The molecule has 1 amide bonds. The van der Waals surface area contributed by atoms with Crippen LogP contribution in [0.3, 0.4) is 0 Å². The Hall–Kier alpha value is -3.63. The lowest BCUT2D eigenvalue weighted by Gasteiger charge is -2.09. The van der Waals surface area contributed by atoms with Gasteiger partial charge in [-0.25, -0.2) is 4.79 Å². The average Bonchev–Trinajstić information content (AvgIpc) is 3.14. The molecule has 6 nitrogen and oxygen atoms in total. The van der Waals surface area contributed by atoms with Gasteiger partial charge in [0.1, 0.15) is 11.6 Å². The largest absolute Gasteiger partial charge is 0.478 e. The topological polar surface area (TPSA) is 95.1 Å². The van der Waals surface area contributed by atoms with Gasteiger partial charge in [-0.3, -0.25) is 4.79 Å². The highest BCUT2D eigenvalue weighted by Gasteiger charge is 2.12. The van der Waals surface area contributed by atoms with Crippen LogP contribution in [0.15, 0.2) is 76.9 Å². The van der Waals surface area contributed by atoms with E-state index in [2.05, 4.69) is 21.2 Å². The third-order valence-electron chi connectivity index (χ3n) is 3.89. The van der Waals surface area contributed by atoms with Crippen LogP contribution in [0.2, 0.25) is 0 Å². The third kappa shape index (κ3) is 4.37. The number of nitrogens with one attached hydrogen (secondary N) is 1. The van der Waals surface area contributed by atoms with Gasteiger partial charge < -0.3 is 15.0 Å². The summed E-state index contributed by atoms with van der Waals surface area (Å²) in [7, 11) is 0. The summed E-state index contributed by atoms with van der Waals surface area (Å²) in [5.74, 6) is -1.56. The highest BCUT2D eigenvalue weighted by Crippen LogP contribution is 2.19. The number of halogens is 1. The maximum absolute atomic E-state index is 12.5. The first-order valence-corrected chi connectivity index (χ1v) is 8.97. The minimum absolute atomic E-state index is 0.0747. The zero-order valence-corrected chi connectivity index (χ0v) is 16.1. The number of aromatic nitrogens is 1. The van der Waals surface area contributed by atoms with E-state index in [0.29, 0.717) is 17.1 Å². The summed E-state index contributed by atoms with van der Waals surface area (Å²) in [6.45, 7) is 0. The van der Waals surface area contributed by atoms with E-state index in [1.807, 2.05) is 12.1 Å². The summed E-state index contributed by atoms with van der Waals surface area (Å²) < 4.78 is 2.51. The Balaban J connectivity index is 1.91. The smallest absolute Gasteiger partial charge is 0.335 e. The molecule has 0 aliphatic rings. The first-order chi connectivity index (χ1) is 13.5. The van der Waals surface area contributed by atoms with Crippen molar-refractivity contribution in [2.75, 3.05) is 5.32 Å². The van der Waals surface area contributed by atoms with E-state index in [1.54, 1.807) is 53.2 Å². The maximum atomic E-state index is 12.5. The first kappa shape index (κ1) is 19.1. The van der Waals surface area contributed by atoms with Crippen molar-refractivity contribution in [2.24, 2.45) is 0 Å². The number of amides is 1. The van der Waals surface area contributed by atoms with E-state index in [-0.39, 0.29) is 11.1 Å². The lowest BCUT2D eigenvalue weighted by atomic mass is 10.2. The zero-order valence-electron chi connectivity index (χ0n) is 14.5. The highest BCUT2D eigenvalue weighted by molar-refractivity contribution is 9.10. The van der Waals surface area contributed by atoms with Crippen LogP contribution in [0.5, 0.6) is 0 Å². The number of hydrogen-bond acceptors (Lipinski definition) is 3.